The van der Waals surface area contributed by atoms with Crippen LogP contribution < -0.4 is 0 Å². The summed E-state index contributed by atoms with van der Waals surface area (Å²) in [6, 6.07) is 17.6. The maximum absolute atomic E-state index is 12.8. The number of nitrogens with zero attached hydrogens (tertiary/aromatic N) is 1. The van der Waals surface area contributed by atoms with Crippen LogP contribution in [0.3, 0.4) is 0 Å². The lowest BCUT2D eigenvalue weighted by molar-refractivity contribution is -0.516. The van der Waals surface area contributed by atoms with Crippen molar-refractivity contribution in [3.05, 3.63) is 93.6 Å². The number of allylic oxidation sites excluding steroid dienone is 1. The van der Waals surface area contributed by atoms with E-state index in [0.717, 1.165) is 36.8 Å². The predicted molar refractivity (Wildman–Crippen MR) is 102 cm³/mol. The lowest BCUT2D eigenvalue weighted by Gasteiger charge is -2.25. The molecule has 0 aromatic heterocycles. The number of benzene rings is 2. The summed E-state index contributed by atoms with van der Waals surface area (Å²) in [6.45, 7) is 0. The van der Waals surface area contributed by atoms with E-state index in [1.54, 1.807) is 12.1 Å². The van der Waals surface area contributed by atoms with Gasteiger partial charge in [-0.25, -0.2) is 0 Å². The van der Waals surface area contributed by atoms with Crippen molar-refractivity contribution in [2.75, 3.05) is 0 Å². The Morgan fingerprint density at radius 2 is 1.65 bits per heavy atom. The van der Waals surface area contributed by atoms with E-state index in [-0.39, 0.29) is 17.1 Å². The molecule has 2 atom stereocenters. The summed E-state index contributed by atoms with van der Waals surface area (Å²) in [5.41, 5.74) is 2.33. The third-order valence-corrected chi connectivity index (χ3v) is 5.04. The summed E-state index contributed by atoms with van der Waals surface area (Å²) in [4.78, 5) is 24.6. The van der Waals surface area contributed by atoms with Gasteiger partial charge in [-0.05, 0) is 36.8 Å². The number of hydrogen-bond donors (Lipinski definition) is 0. The molecule has 0 saturated carbocycles. The maximum Gasteiger partial charge on any atom is 0.241 e. The summed E-state index contributed by atoms with van der Waals surface area (Å²) in [7, 11) is 0. The minimum Gasteiger partial charge on any atom is -0.294 e. The van der Waals surface area contributed by atoms with Gasteiger partial charge in [0.25, 0.3) is 0 Å². The molecular weight excluding hydrogens is 326 g/mol. The van der Waals surface area contributed by atoms with Crippen molar-refractivity contribution in [2.45, 2.75) is 44.1 Å². The number of nitro groups is 1. The Morgan fingerprint density at radius 1 is 1.00 bits per heavy atom. The zero-order valence-corrected chi connectivity index (χ0v) is 14.7. The summed E-state index contributed by atoms with van der Waals surface area (Å²) >= 11 is 0. The molecule has 0 saturated heterocycles. The molecule has 1 aliphatic carbocycles. The molecule has 0 aliphatic heterocycles. The Hall–Kier alpha value is -2.75. The van der Waals surface area contributed by atoms with Gasteiger partial charge < -0.3 is 0 Å². The highest BCUT2D eigenvalue weighted by molar-refractivity contribution is 5.96. The molecule has 0 spiro atoms. The van der Waals surface area contributed by atoms with Crippen LogP contribution >= 0.6 is 0 Å². The predicted octanol–water partition coefficient (Wildman–Crippen LogP) is 5.19. The van der Waals surface area contributed by atoms with Crippen LogP contribution in [0, 0.1) is 10.1 Å². The lowest BCUT2D eigenvalue weighted by atomic mass is 9.80. The second-order valence-corrected chi connectivity index (χ2v) is 6.77. The molecule has 4 nitrogen and oxygen atoms in total. The molecule has 0 heterocycles. The molecule has 2 aromatic rings. The van der Waals surface area contributed by atoms with E-state index < -0.39 is 12.0 Å². The SMILES string of the molecule is O=C(C[C@@H](c1ccccc1)[C@@H](C1=CCCCC1)[N+](=O)[O-])c1ccccc1. The van der Waals surface area contributed by atoms with E-state index in [4.69, 9.17) is 0 Å². The van der Waals surface area contributed by atoms with E-state index in [1.165, 1.54) is 0 Å². The van der Waals surface area contributed by atoms with E-state index in [1.807, 2.05) is 54.6 Å². The highest BCUT2D eigenvalue weighted by Crippen LogP contribution is 2.34. The van der Waals surface area contributed by atoms with Gasteiger partial charge >= 0.3 is 0 Å². The Morgan fingerprint density at radius 3 is 2.23 bits per heavy atom. The second-order valence-electron chi connectivity index (χ2n) is 6.77. The topological polar surface area (TPSA) is 60.2 Å². The van der Waals surface area contributed by atoms with Crippen molar-refractivity contribution >= 4 is 5.78 Å². The molecular formula is C22H23NO3. The number of ketones is 1. The van der Waals surface area contributed by atoms with Gasteiger partial charge in [0.2, 0.25) is 6.04 Å². The smallest absolute Gasteiger partial charge is 0.241 e. The number of Topliss-reactive ketones (excluding diaryl/α,β-unsaturated/α-hetero) is 1. The van der Waals surface area contributed by atoms with Crippen LogP contribution in [0.1, 0.15) is 53.9 Å². The summed E-state index contributed by atoms with van der Waals surface area (Å²) in [5, 5.41) is 12.0. The van der Waals surface area contributed by atoms with Crippen molar-refractivity contribution in [2.24, 2.45) is 0 Å². The zero-order valence-electron chi connectivity index (χ0n) is 14.7. The third kappa shape index (κ3) is 4.26. The third-order valence-electron chi connectivity index (χ3n) is 5.04. The van der Waals surface area contributed by atoms with Crippen LogP contribution in [-0.2, 0) is 0 Å². The fourth-order valence-electron chi connectivity index (χ4n) is 3.73. The Labute approximate surface area is 153 Å². The normalized spacial score (nSPS) is 16.4. The number of rotatable bonds is 7. The molecule has 4 heteroatoms. The molecule has 0 fully saturated rings. The minimum absolute atomic E-state index is 0.0530. The van der Waals surface area contributed by atoms with Gasteiger partial charge in [-0.3, -0.25) is 14.9 Å². The number of carbonyl (C=O) groups is 1. The number of hydrogen-bond acceptors (Lipinski definition) is 3. The lowest BCUT2D eigenvalue weighted by Crippen LogP contribution is -2.32. The first-order valence-corrected chi connectivity index (χ1v) is 9.12. The standard InChI is InChI=1S/C22H23NO3/c24-21(18-12-6-2-7-13-18)16-20(17-10-4-1-5-11-17)22(23(25)26)19-14-8-3-9-15-19/h1-2,4-7,10-14,20,22H,3,8-9,15-16H2/t20-,22+/m0/s1. The van der Waals surface area contributed by atoms with Crippen LogP contribution in [0.5, 0.6) is 0 Å². The molecule has 26 heavy (non-hydrogen) atoms. The number of carbonyl (C=O) groups excluding carboxylic acids is 1. The molecule has 0 unspecified atom stereocenters. The molecule has 1 aliphatic rings. The fourth-order valence-corrected chi connectivity index (χ4v) is 3.73. The van der Waals surface area contributed by atoms with Crippen LogP contribution in [-0.4, -0.2) is 16.7 Å². The second kappa shape index (κ2) is 8.56. The summed E-state index contributed by atoms with van der Waals surface area (Å²) in [5.74, 6) is -0.508. The molecule has 0 bridgehead atoms. The summed E-state index contributed by atoms with van der Waals surface area (Å²) in [6.07, 6.45) is 5.83. The quantitative estimate of drug-likeness (QED) is 0.299. The van der Waals surface area contributed by atoms with E-state index in [9.17, 15) is 14.9 Å². The van der Waals surface area contributed by atoms with Crippen molar-refractivity contribution in [1.29, 1.82) is 0 Å². The van der Waals surface area contributed by atoms with E-state index >= 15 is 0 Å². The van der Waals surface area contributed by atoms with Crippen LogP contribution in [0.4, 0.5) is 0 Å². The average molecular weight is 349 g/mol. The monoisotopic (exact) mass is 349 g/mol. The van der Waals surface area contributed by atoms with E-state index in [2.05, 4.69) is 0 Å². The largest absolute Gasteiger partial charge is 0.294 e. The van der Waals surface area contributed by atoms with Gasteiger partial charge in [-0.2, -0.15) is 0 Å². The Bertz CT molecular complexity index is 784. The average Bonchev–Trinajstić information content (AvgIpc) is 2.69. The van der Waals surface area contributed by atoms with Gasteiger partial charge in [-0.15, -0.1) is 0 Å². The van der Waals surface area contributed by atoms with E-state index in [0.29, 0.717) is 5.56 Å². The van der Waals surface area contributed by atoms with Crippen molar-refractivity contribution in [3.8, 4) is 0 Å². The van der Waals surface area contributed by atoms with Crippen LogP contribution in [0.25, 0.3) is 0 Å². The first-order valence-electron chi connectivity index (χ1n) is 9.12. The van der Waals surface area contributed by atoms with Gasteiger partial charge in [0.05, 0.1) is 5.92 Å². The van der Waals surface area contributed by atoms with Crippen molar-refractivity contribution in [1.82, 2.24) is 0 Å². The first-order chi connectivity index (χ1) is 12.7. The molecule has 3 rings (SSSR count). The highest BCUT2D eigenvalue weighted by atomic mass is 16.6. The Kier molecular flexibility index (Phi) is 5.95. The van der Waals surface area contributed by atoms with Gasteiger partial charge in [0.15, 0.2) is 5.78 Å². The molecule has 2 aromatic carbocycles. The minimum atomic E-state index is -0.842. The molecule has 0 N–H and O–H groups in total. The summed E-state index contributed by atoms with van der Waals surface area (Å²) < 4.78 is 0. The zero-order chi connectivity index (χ0) is 18.4. The molecule has 134 valence electrons. The van der Waals surface area contributed by atoms with Crippen LogP contribution in [0.15, 0.2) is 72.3 Å². The van der Waals surface area contributed by atoms with Gasteiger partial charge in [0, 0.05) is 16.9 Å². The molecule has 0 amide bonds. The van der Waals surface area contributed by atoms with Crippen molar-refractivity contribution < 1.29 is 9.72 Å². The fraction of sp³-hybridized carbons (Fsp3) is 0.318. The maximum atomic E-state index is 12.8. The molecule has 0 radical (unpaired) electrons. The first kappa shape index (κ1) is 18.1. The van der Waals surface area contributed by atoms with Crippen molar-refractivity contribution in [3.63, 3.8) is 0 Å². The van der Waals surface area contributed by atoms with Gasteiger partial charge in [-0.1, -0.05) is 66.7 Å². The van der Waals surface area contributed by atoms with Gasteiger partial charge in [0.1, 0.15) is 0 Å². The van der Waals surface area contributed by atoms with Crippen LogP contribution in [0.2, 0.25) is 0 Å². The Balaban J connectivity index is 1.95. The highest BCUT2D eigenvalue weighted by Gasteiger charge is 2.37.